The summed E-state index contributed by atoms with van der Waals surface area (Å²) in [4.78, 5) is 14.2. The van der Waals surface area contributed by atoms with Crippen LogP contribution in [0.4, 0.5) is 0 Å². The van der Waals surface area contributed by atoms with Crippen molar-refractivity contribution >= 4 is 5.97 Å². The Bertz CT molecular complexity index is 836. The highest BCUT2D eigenvalue weighted by Crippen LogP contribution is 2.57. The van der Waals surface area contributed by atoms with Gasteiger partial charge in [-0.15, -0.1) is 0 Å². The topological polar surface area (TPSA) is 66.5 Å². The molecule has 5 atom stereocenters. The van der Waals surface area contributed by atoms with Crippen LogP contribution in [0.2, 0.25) is 0 Å². The first-order valence-electron chi connectivity index (χ1n) is 9.21. The molecule has 0 N–H and O–H groups in total. The highest BCUT2D eigenvalue weighted by Gasteiger charge is 2.61. The predicted octanol–water partition coefficient (Wildman–Crippen LogP) is 1.77. The molecule has 1 aliphatic carbocycles. The molecule has 1 saturated heterocycles. The van der Waals surface area contributed by atoms with Gasteiger partial charge in [-0.25, -0.2) is 0 Å². The maximum absolute atomic E-state index is 11.8. The number of carbonyl (C=O) groups is 1. The third kappa shape index (κ3) is 2.18. The van der Waals surface area contributed by atoms with Crippen LogP contribution in [0.3, 0.4) is 0 Å². The standard InChI is InChI=1S/C20H23NO6/c1-11(22)27-17-9-21-8-13-14(7-15-19(18(13)24-3)26-10-25-15)20(17)5-4-12(23-2)6-16(20)21/h4-5,7,12,16-17H,6,8-10H2,1-3H3/t12-,16+,17?,20+/m0/s1. The minimum absolute atomic E-state index is 0.0548. The fourth-order valence-corrected chi connectivity index (χ4v) is 5.28. The molecule has 0 amide bonds. The first kappa shape index (κ1) is 16.9. The van der Waals surface area contributed by atoms with Crippen LogP contribution in [0, 0.1) is 0 Å². The molecule has 0 radical (unpaired) electrons. The van der Waals surface area contributed by atoms with Gasteiger partial charge < -0.3 is 23.7 Å². The van der Waals surface area contributed by atoms with Crippen LogP contribution in [0.25, 0.3) is 0 Å². The largest absolute Gasteiger partial charge is 0.492 e. The molecule has 0 saturated carbocycles. The third-order valence-electron chi connectivity index (χ3n) is 6.33. The lowest BCUT2D eigenvalue weighted by atomic mass is 9.65. The Balaban J connectivity index is 1.74. The summed E-state index contributed by atoms with van der Waals surface area (Å²) in [6, 6.07) is 2.23. The van der Waals surface area contributed by atoms with E-state index in [1.807, 2.05) is 6.07 Å². The summed E-state index contributed by atoms with van der Waals surface area (Å²) in [7, 11) is 3.38. The number of hydrogen-bond donors (Lipinski definition) is 0. The molecule has 27 heavy (non-hydrogen) atoms. The highest BCUT2D eigenvalue weighted by atomic mass is 16.7. The summed E-state index contributed by atoms with van der Waals surface area (Å²) in [5.41, 5.74) is 1.73. The first-order chi connectivity index (χ1) is 13.1. The zero-order valence-electron chi connectivity index (χ0n) is 15.7. The van der Waals surface area contributed by atoms with E-state index in [0.29, 0.717) is 30.3 Å². The van der Waals surface area contributed by atoms with E-state index >= 15 is 0 Å². The molecular formula is C20H23NO6. The molecule has 3 aliphatic heterocycles. The van der Waals surface area contributed by atoms with Crippen LogP contribution >= 0.6 is 0 Å². The number of hydrogen-bond acceptors (Lipinski definition) is 7. The molecule has 0 aromatic heterocycles. The molecule has 2 bridgehead atoms. The van der Waals surface area contributed by atoms with Crippen molar-refractivity contribution < 1.29 is 28.5 Å². The van der Waals surface area contributed by atoms with Gasteiger partial charge in [0.25, 0.3) is 0 Å². The second kappa shape index (κ2) is 5.87. The van der Waals surface area contributed by atoms with Gasteiger partial charge in [0, 0.05) is 38.7 Å². The zero-order chi connectivity index (χ0) is 18.8. The molecule has 2 unspecified atom stereocenters. The van der Waals surface area contributed by atoms with E-state index in [-0.39, 0.29) is 31.0 Å². The number of benzene rings is 1. The van der Waals surface area contributed by atoms with E-state index < -0.39 is 5.41 Å². The fraction of sp³-hybridized carbons (Fsp3) is 0.550. The summed E-state index contributed by atoms with van der Waals surface area (Å²) < 4.78 is 28.5. The van der Waals surface area contributed by atoms with Crippen molar-refractivity contribution in [1.29, 1.82) is 0 Å². The number of esters is 1. The molecule has 3 heterocycles. The number of methoxy groups -OCH3 is 2. The third-order valence-corrected chi connectivity index (χ3v) is 6.33. The second-order valence-corrected chi connectivity index (χ2v) is 7.52. The molecule has 1 aromatic carbocycles. The molecular weight excluding hydrogens is 350 g/mol. The molecule has 144 valence electrons. The molecule has 1 aromatic rings. The zero-order valence-corrected chi connectivity index (χ0v) is 15.7. The van der Waals surface area contributed by atoms with Crippen LogP contribution in [-0.2, 0) is 26.2 Å². The number of ether oxygens (including phenoxy) is 5. The van der Waals surface area contributed by atoms with Crippen molar-refractivity contribution in [2.75, 3.05) is 27.6 Å². The lowest BCUT2D eigenvalue weighted by Gasteiger charge is -2.46. The van der Waals surface area contributed by atoms with Crippen molar-refractivity contribution in [1.82, 2.24) is 4.90 Å². The van der Waals surface area contributed by atoms with Crippen molar-refractivity contribution in [2.24, 2.45) is 0 Å². The Morgan fingerprint density at radius 3 is 2.93 bits per heavy atom. The van der Waals surface area contributed by atoms with Gasteiger partial charge in [0.05, 0.1) is 18.6 Å². The lowest BCUT2D eigenvalue weighted by molar-refractivity contribution is -0.147. The van der Waals surface area contributed by atoms with E-state index in [9.17, 15) is 4.79 Å². The smallest absolute Gasteiger partial charge is 0.302 e. The van der Waals surface area contributed by atoms with Crippen LogP contribution < -0.4 is 14.2 Å². The van der Waals surface area contributed by atoms with Gasteiger partial charge in [-0.2, -0.15) is 0 Å². The molecule has 5 rings (SSSR count). The van der Waals surface area contributed by atoms with Gasteiger partial charge in [-0.3, -0.25) is 9.69 Å². The Morgan fingerprint density at radius 2 is 2.19 bits per heavy atom. The Labute approximate surface area is 157 Å². The molecule has 7 nitrogen and oxygen atoms in total. The monoisotopic (exact) mass is 373 g/mol. The molecule has 0 spiro atoms. The minimum Gasteiger partial charge on any atom is -0.492 e. The summed E-state index contributed by atoms with van der Waals surface area (Å²) in [5.74, 6) is 1.79. The van der Waals surface area contributed by atoms with Gasteiger partial charge in [0.2, 0.25) is 12.5 Å². The summed E-state index contributed by atoms with van der Waals surface area (Å²) >= 11 is 0. The van der Waals surface area contributed by atoms with E-state index in [1.165, 1.54) is 6.92 Å². The summed E-state index contributed by atoms with van der Waals surface area (Å²) in [5, 5.41) is 0. The SMILES string of the molecule is COc1c2c(cc3c1OCO3)[C@]13C=C[C@H](OC)C[C@H]1N(C2)CC3OC(C)=O. The van der Waals surface area contributed by atoms with Gasteiger partial charge >= 0.3 is 5.97 Å². The quantitative estimate of drug-likeness (QED) is 0.591. The van der Waals surface area contributed by atoms with Crippen LogP contribution in [0.15, 0.2) is 18.2 Å². The van der Waals surface area contributed by atoms with E-state index in [1.54, 1.807) is 14.2 Å². The van der Waals surface area contributed by atoms with Crippen molar-refractivity contribution in [2.45, 2.75) is 43.6 Å². The van der Waals surface area contributed by atoms with Gasteiger partial charge in [0.15, 0.2) is 11.5 Å². The van der Waals surface area contributed by atoms with Crippen LogP contribution in [0.1, 0.15) is 24.5 Å². The van der Waals surface area contributed by atoms with E-state index in [2.05, 4.69) is 17.1 Å². The van der Waals surface area contributed by atoms with Crippen LogP contribution in [0.5, 0.6) is 17.2 Å². The average molecular weight is 373 g/mol. The van der Waals surface area contributed by atoms with Gasteiger partial charge in [-0.05, 0) is 18.1 Å². The Kier molecular flexibility index (Phi) is 3.67. The number of rotatable bonds is 3. The molecule has 1 fully saturated rings. The van der Waals surface area contributed by atoms with Gasteiger partial charge in [0.1, 0.15) is 6.10 Å². The number of nitrogens with zero attached hydrogens (tertiary/aromatic N) is 1. The highest BCUT2D eigenvalue weighted by molar-refractivity contribution is 5.68. The normalized spacial score (nSPS) is 34.8. The Morgan fingerprint density at radius 1 is 1.33 bits per heavy atom. The van der Waals surface area contributed by atoms with E-state index in [4.69, 9.17) is 23.7 Å². The summed E-state index contributed by atoms with van der Waals surface area (Å²) in [6.07, 6.45) is 4.89. The summed E-state index contributed by atoms with van der Waals surface area (Å²) in [6.45, 7) is 3.04. The molecule has 7 heteroatoms. The van der Waals surface area contributed by atoms with Crippen LogP contribution in [-0.4, -0.2) is 56.7 Å². The lowest BCUT2D eigenvalue weighted by Crippen LogP contribution is -2.53. The maximum Gasteiger partial charge on any atom is 0.302 e. The van der Waals surface area contributed by atoms with Crippen molar-refractivity contribution in [3.63, 3.8) is 0 Å². The number of carbonyl (C=O) groups excluding carboxylic acids is 1. The van der Waals surface area contributed by atoms with Crippen molar-refractivity contribution in [3.8, 4) is 17.2 Å². The first-order valence-corrected chi connectivity index (χ1v) is 9.21. The van der Waals surface area contributed by atoms with Gasteiger partial charge in [-0.1, -0.05) is 12.2 Å². The average Bonchev–Trinajstić information content (AvgIpc) is 3.21. The number of fused-ring (bicyclic) bond motifs is 2. The fourth-order valence-electron chi connectivity index (χ4n) is 5.28. The maximum atomic E-state index is 11.8. The predicted molar refractivity (Wildman–Crippen MR) is 95.1 cm³/mol. The van der Waals surface area contributed by atoms with E-state index in [0.717, 1.165) is 17.5 Å². The second-order valence-electron chi connectivity index (χ2n) is 7.52. The minimum atomic E-state index is -0.442. The van der Waals surface area contributed by atoms with Crippen molar-refractivity contribution in [3.05, 3.63) is 29.3 Å². The molecule has 4 aliphatic rings. The Hall–Kier alpha value is -2.25.